The monoisotopic (exact) mass is 963 g/mol. The van der Waals surface area contributed by atoms with Gasteiger partial charge in [0.2, 0.25) is 0 Å². The number of nitrogens with two attached hydrogens (primary N) is 1. The van der Waals surface area contributed by atoms with E-state index in [0.717, 1.165) is 6.07 Å². The van der Waals surface area contributed by atoms with Crippen molar-refractivity contribution >= 4 is 115 Å². The number of anilines is 1. The average molecular weight is 965 g/mol. The number of rotatable bonds is 8. The van der Waals surface area contributed by atoms with Crippen LogP contribution in [0.25, 0.3) is 0 Å². The minimum absolute atomic E-state index is 0.0538. The van der Waals surface area contributed by atoms with Gasteiger partial charge < -0.3 is 5.73 Å². The maximum absolute atomic E-state index is 10.8. The van der Waals surface area contributed by atoms with Gasteiger partial charge in [0, 0.05) is 34.3 Å². The fourth-order valence-corrected chi connectivity index (χ4v) is 6.45. The van der Waals surface area contributed by atoms with Crippen LogP contribution in [0, 0.1) is 40.5 Å². The van der Waals surface area contributed by atoms with Gasteiger partial charge in [0.05, 0.1) is 29.6 Å². The van der Waals surface area contributed by atoms with Crippen LogP contribution < -0.4 is 5.73 Å². The molecule has 57 heavy (non-hydrogen) atoms. The van der Waals surface area contributed by atoms with Crippen molar-refractivity contribution < 1.29 is 71.6 Å². The molecule has 0 aromatic heterocycles. The summed E-state index contributed by atoms with van der Waals surface area (Å²) in [5, 5.41) is 41.8. The molecular weight excluding hydrogens is 948 g/mol. The van der Waals surface area contributed by atoms with Crippen molar-refractivity contribution in [2.45, 2.75) is 19.6 Å². The highest BCUT2D eigenvalue weighted by Gasteiger charge is 2.29. The molecule has 4 aromatic rings. The van der Waals surface area contributed by atoms with Crippen LogP contribution >= 0.6 is 46.4 Å². The molecule has 4 rings (SSSR count). The number of halogens is 4. The van der Waals surface area contributed by atoms with Gasteiger partial charge in [0.15, 0.2) is 10.7 Å². The predicted octanol–water partition coefficient (Wildman–Crippen LogP) is 5.56. The van der Waals surface area contributed by atoms with Gasteiger partial charge in [-0.25, -0.2) is 0 Å². The Labute approximate surface area is 337 Å². The number of nitro groups is 4. The first-order valence-corrected chi connectivity index (χ1v) is 20.4. The van der Waals surface area contributed by atoms with Crippen LogP contribution in [0.15, 0.2) is 86.3 Å². The maximum Gasteiger partial charge on any atom is 0.300 e. The lowest BCUT2D eigenvalue weighted by molar-refractivity contribution is -0.394. The summed E-state index contributed by atoms with van der Waals surface area (Å²) in [6, 6.07) is 10.8. The van der Waals surface area contributed by atoms with Crippen molar-refractivity contribution in [2.75, 3.05) is 5.73 Å². The van der Waals surface area contributed by atoms with E-state index < -0.39 is 103 Å². The second-order valence-electron chi connectivity index (χ2n) is 9.61. The highest BCUT2D eigenvalue weighted by Crippen LogP contribution is 2.36. The smallest absolute Gasteiger partial charge is 0.300 e. The molecule has 4 aromatic carbocycles. The maximum atomic E-state index is 10.8. The van der Waals surface area contributed by atoms with Crippen LogP contribution in [0.4, 0.5) is 28.4 Å². The zero-order valence-corrected chi connectivity index (χ0v) is 33.0. The van der Waals surface area contributed by atoms with Gasteiger partial charge in [-0.15, -0.1) is 0 Å². The standard InChI is InChI=1S/C6H4Cl2O3S.C6H3ClN2O7S.C6H5ClO3S.C6H5N3O7S/c7-4-1-2-5(8)6(3-4)12(9,10)11;7-6-4(8(10)11)1-3(17(14,15)16)2-5(6)9(12)13;7-5-1-3-6(4-2-5)11(8,9)10;7-6-4(8(10)11)1-3(17(14,15)16)2-5(6)9(12)13/h1-3H,(H,9,10,11);1-2H,(H,14,15,16);1-4H,(H,8,9,10);1-2H,7H2,(H,14,15,16). The molecule has 0 spiro atoms. The molecule has 0 aliphatic heterocycles. The Hall–Kier alpha value is -4.92. The molecule has 0 amide bonds. The minimum Gasteiger partial charge on any atom is -0.387 e. The van der Waals surface area contributed by atoms with Crippen molar-refractivity contribution in [3.05, 3.63) is 127 Å². The van der Waals surface area contributed by atoms with Gasteiger partial charge in [0.1, 0.15) is 14.7 Å². The molecule has 310 valence electrons. The second kappa shape index (κ2) is 19.5. The zero-order chi connectivity index (χ0) is 44.6. The van der Waals surface area contributed by atoms with Crippen LogP contribution in [0.3, 0.4) is 0 Å². The lowest BCUT2D eigenvalue weighted by Crippen LogP contribution is -2.05. The number of hydrogen-bond acceptors (Lipinski definition) is 17. The normalized spacial score (nSPS) is 11.3. The summed E-state index contributed by atoms with van der Waals surface area (Å²) in [6.45, 7) is 0. The van der Waals surface area contributed by atoms with Crippen molar-refractivity contribution in [1.82, 2.24) is 0 Å². The van der Waals surface area contributed by atoms with Crippen LogP contribution in [0.5, 0.6) is 0 Å². The summed E-state index contributed by atoms with van der Waals surface area (Å²) in [5.74, 6) is 0. The average Bonchev–Trinajstić information content (AvgIpc) is 3.04. The van der Waals surface area contributed by atoms with Gasteiger partial charge in [-0.05, 0) is 42.5 Å². The Bertz CT molecular complexity index is 2520. The highest BCUT2D eigenvalue weighted by atomic mass is 35.5. The molecule has 33 heteroatoms. The van der Waals surface area contributed by atoms with E-state index in [1.807, 2.05) is 0 Å². The van der Waals surface area contributed by atoms with Crippen molar-refractivity contribution in [1.29, 1.82) is 0 Å². The number of nitro benzene ring substituents is 4. The molecule has 0 saturated carbocycles. The van der Waals surface area contributed by atoms with E-state index in [9.17, 15) is 74.1 Å². The van der Waals surface area contributed by atoms with Gasteiger partial charge in [-0.1, -0.05) is 46.4 Å². The molecule has 0 aliphatic rings. The van der Waals surface area contributed by atoms with E-state index in [0.29, 0.717) is 29.3 Å². The zero-order valence-electron chi connectivity index (χ0n) is 26.7. The molecule has 0 bridgehead atoms. The topological polar surface area (TPSA) is 416 Å². The molecule has 0 saturated heterocycles. The molecule has 0 unspecified atom stereocenters. The van der Waals surface area contributed by atoms with Crippen molar-refractivity contribution in [3.63, 3.8) is 0 Å². The highest BCUT2D eigenvalue weighted by molar-refractivity contribution is 7.86. The van der Waals surface area contributed by atoms with E-state index in [2.05, 4.69) is 0 Å². The van der Waals surface area contributed by atoms with E-state index >= 15 is 0 Å². The lowest BCUT2D eigenvalue weighted by Gasteiger charge is -2.01. The first kappa shape index (κ1) is 50.1. The Morgan fingerprint density at radius 3 is 1.05 bits per heavy atom. The molecule has 0 atom stereocenters. The third-order valence-corrected chi connectivity index (χ3v) is 10.5. The second-order valence-corrected chi connectivity index (χ2v) is 16.9. The quantitative estimate of drug-likeness (QED) is 0.0624. The van der Waals surface area contributed by atoms with Gasteiger partial charge in [0.25, 0.3) is 51.8 Å². The molecule has 0 fully saturated rings. The molecule has 0 radical (unpaired) electrons. The fraction of sp³-hybridized carbons (Fsp3) is 0. The van der Waals surface area contributed by atoms with Gasteiger partial charge in [-0.3, -0.25) is 58.7 Å². The summed E-state index contributed by atoms with van der Waals surface area (Å²) in [7, 11) is -17.9. The lowest BCUT2D eigenvalue weighted by atomic mass is 10.2. The van der Waals surface area contributed by atoms with E-state index in [1.165, 1.54) is 36.4 Å². The summed E-state index contributed by atoms with van der Waals surface area (Å²) < 4.78 is 120. The molecule has 0 heterocycles. The van der Waals surface area contributed by atoms with Crippen LogP contribution in [-0.4, -0.2) is 71.6 Å². The Morgan fingerprint density at radius 1 is 0.456 bits per heavy atom. The van der Waals surface area contributed by atoms with Gasteiger partial charge >= 0.3 is 11.4 Å². The third-order valence-electron chi connectivity index (χ3n) is 5.78. The fourth-order valence-electron chi connectivity index (χ4n) is 3.31. The summed E-state index contributed by atoms with van der Waals surface area (Å²) >= 11 is 21.8. The Balaban J connectivity index is 0.000000386. The summed E-state index contributed by atoms with van der Waals surface area (Å²) in [5.41, 5.74) is 0.464. The number of hydrogen-bond donors (Lipinski definition) is 5. The summed E-state index contributed by atoms with van der Waals surface area (Å²) in [4.78, 5) is 35.2. The number of benzene rings is 4. The molecule has 6 N–H and O–H groups in total. The van der Waals surface area contributed by atoms with Crippen molar-refractivity contribution in [2.24, 2.45) is 0 Å². The SMILES string of the molecule is Nc1c([N+](=O)[O-])cc(S(=O)(=O)O)cc1[N+](=O)[O-].O=S(=O)(O)c1cc(Cl)ccc1Cl.O=S(=O)(O)c1ccc(Cl)cc1.O=[N+]([O-])c1cc(S(=O)(=O)O)cc([N+](=O)[O-])c1Cl. The first-order valence-electron chi connectivity index (χ1n) is 13.1. The third kappa shape index (κ3) is 15.2. The number of nitrogen functional groups attached to an aromatic ring is 1. The van der Waals surface area contributed by atoms with Gasteiger partial charge in [-0.2, -0.15) is 33.7 Å². The van der Waals surface area contributed by atoms with Crippen LogP contribution in [0.2, 0.25) is 20.1 Å². The summed E-state index contributed by atoms with van der Waals surface area (Å²) in [6.07, 6.45) is 0. The molecule has 0 aliphatic carbocycles. The van der Waals surface area contributed by atoms with Crippen LogP contribution in [-0.2, 0) is 40.5 Å². The Kier molecular flexibility index (Phi) is 17.1. The molecule has 25 nitrogen and oxygen atoms in total. The Morgan fingerprint density at radius 2 is 0.772 bits per heavy atom. The van der Waals surface area contributed by atoms with E-state index in [-0.39, 0.29) is 19.8 Å². The van der Waals surface area contributed by atoms with E-state index in [4.69, 9.17) is 70.3 Å². The number of nitrogens with zero attached hydrogens (tertiary/aromatic N) is 4. The van der Waals surface area contributed by atoms with Crippen molar-refractivity contribution in [3.8, 4) is 0 Å². The van der Waals surface area contributed by atoms with Crippen LogP contribution in [0.1, 0.15) is 0 Å². The first-order chi connectivity index (χ1) is 25.7. The minimum atomic E-state index is -4.80. The van der Waals surface area contributed by atoms with E-state index in [1.54, 1.807) is 0 Å². The predicted molar refractivity (Wildman–Crippen MR) is 196 cm³/mol. The molecular formula is C24H17Cl4N5O20S4. The largest absolute Gasteiger partial charge is 0.387 e.